The lowest BCUT2D eigenvalue weighted by Gasteiger charge is -2.19. The largest absolute Gasteiger partial charge is 0.464 e. The average Bonchev–Trinajstić information content (AvgIpc) is 2.76. The first-order chi connectivity index (χ1) is 9.14. The van der Waals surface area contributed by atoms with E-state index >= 15 is 0 Å². The molecule has 0 spiro atoms. The Balaban J connectivity index is 2.96. The molecule has 1 heterocycles. The summed E-state index contributed by atoms with van der Waals surface area (Å²) < 4.78 is 29.4. The van der Waals surface area contributed by atoms with Gasteiger partial charge < -0.3 is 4.74 Å². The van der Waals surface area contributed by atoms with Crippen molar-refractivity contribution < 1.29 is 17.9 Å². The smallest absolute Gasteiger partial charge is 0.360 e. The van der Waals surface area contributed by atoms with Gasteiger partial charge in [-0.25, -0.2) is 17.9 Å². The van der Waals surface area contributed by atoms with Crippen LogP contribution in [0, 0.1) is 0 Å². The molecular formula is C12H21N3O4S. The van der Waals surface area contributed by atoms with Gasteiger partial charge in [-0.2, -0.15) is 0 Å². The highest BCUT2D eigenvalue weighted by atomic mass is 32.2. The first-order valence-corrected chi connectivity index (χ1v) is 8.02. The fraction of sp³-hybridized carbons (Fsp3) is 0.750. The summed E-state index contributed by atoms with van der Waals surface area (Å²) in [6, 6.07) is 0. The van der Waals surface area contributed by atoms with E-state index in [9.17, 15) is 13.2 Å². The molecule has 20 heavy (non-hydrogen) atoms. The number of hydrogen-bond donors (Lipinski definition) is 0. The van der Waals surface area contributed by atoms with E-state index in [0.717, 1.165) is 0 Å². The summed E-state index contributed by atoms with van der Waals surface area (Å²) in [6.45, 7) is 6.99. The zero-order chi connectivity index (χ0) is 15.6. The van der Waals surface area contributed by atoms with Crippen molar-refractivity contribution in [3.8, 4) is 0 Å². The van der Waals surface area contributed by atoms with E-state index in [2.05, 4.69) is 15.0 Å². The van der Waals surface area contributed by atoms with Gasteiger partial charge in [0.2, 0.25) is 0 Å². The van der Waals surface area contributed by atoms with E-state index in [1.54, 1.807) is 20.8 Å². The van der Waals surface area contributed by atoms with E-state index in [-0.39, 0.29) is 18.0 Å². The molecule has 0 atom stereocenters. The van der Waals surface area contributed by atoms with Crippen molar-refractivity contribution >= 4 is 15.8 Å². The molecule has 0 aliphatic rings. The van der Waals surface area contributed by atoms with Crippen molar-refractivity contribution in [2.45, 2.75) is 45.4 Å². The molecule has 7 nitrogen and oxygen atoms in total. The zero-order valence-electron chi connectivity index (χ0n) is 12.5. The molecule has 114 valence electrons. The maximum atomic E-state index is 12.1. The summed E-state index contributed by atoms with van der Waals surface area (Å²) in [6.07, 6.45) is 0.521. The van der Waals surface area contributed by atoms with Crippen molar-refractivity contribution in [3.63, 3.8) is 0 Å². The topological polar surface area (TPSA) is 91.2 Å². The fourth-order valence-corrected chi connectivity index (χ4v) is 2.66. The number of carbonyl (C=O) groups excluding carboxylic acids is 1. The minimum Gasteiger partial charge on any atom is -0.464 e. The van der Waals surface area contributed by atoms with Crippen LogP contribution in [0.25, 0.3) is 0 Å². The molecule has 0 bridgehead atoms. The molecule has 0 N–H and O–H groups in total. The van der Waals surface area contributed by atoms with Crippen LogP contribution in [-0.2, 0) is 27.5 Å². The summed E-state index contributed by atoms with van der Waals surface area (Å²) in [7, 11) is -1.97. The number of ether oxygens (including phenoxy) is 1. The van der Waals surface area contributed by atoms with Crippen LogP contribution in [0.4, 0.5) is 0 Å². The Morgan fingerprint density at radius 2 is 1.95 bits per heavy atom. The highest BCUT2D eigenvalue weighted by Gasteiger charge is 2.29. The first kappa shape index (κ1) is 16.6. The van der Waals surface area contributed by atoms with Crippen molar-refractivity contribution in [2.24, 2.45) is 0 Å². The molecule has 0 saturated carbocycles. The van der Waals surface area contributed by atoms with E-state index in [1.165, 1.54) is 11.8 Å². The lowest BCUT2D eigenvalue weighted by atomic mass is 10.2. The summed E-state index contributed by atoms with van der Waals surface area (Å²) in [5.74, 6) is -0.611. The summed E-state index contributed by atoms with van der Waals surface area (Å²) >= 11 is 0. The third-order valence-corrected chi connectivity index (χ3v) is 5.64. The predicted octanol–water partition coefficient (Wildman–Crippen LogP) is 0.840. The molecular weight excluding hydrogens is 282 g/mol. The Kier molecular flexibility index (Phi) is 4.90. The molecule has 0 aromatic carbocycles. The SMILES string of the molecule is CCc1c(C(=O)OC)nnn1CCS(=O)(=O)C(C)(C)C. The molecule has 0 aliphatic heterocycles. The number of carbonyl (C=O) groups is 1. The van der Waals surface area contributed by atoms with Crippen LogP contribution in [0.1, 0.15) is 43.9 Å². The highest BCUT2D eigenvalue weighted by molar-refractivity contribution is 7.92. The molecule has 0 radical (unpaired) electrons. The third-order valence-electron chi connectivity index (χ3n) is 3.06. The average molecular weight is 303 g/mol. The third kappa shape index (κ3) is 3.36. The van der Waals surface area contributed by atoms with Gasteiger partial charge in [0.15, 0.2) is 15.5 Å². The van der Waals surface area contributed by atoms with Gasteiger partial charge in [0.05, 0.1) is 29.8 Å². The summed E-state index contributed by atoms with van der Waals surface area (Å²) in [4.78, 5) is 11.5. The zero-order valence-corrected chi connectivity index (χ0v) is 13.3. The Morgan fingerprint density at radius 3 is 2.40 bits per heavy atom. The first-order valence-electron chi connectivity index (χ1n) is 6.37. The number of rotatable bonds is 5. The van der Waals surface area contributed by atoms with Gasteiger partial charge in [-0.1, -0.05) is 12.1 Å². The molecule has 1 rings (SSSR count). The molecule has 0 unspecified atom stereocenters. The van der Waals surface area contributed by atoms with Crippen molar-refractivity contribution in [2.75, 3.05) is 12.9 Å². The second kappa shape index (κ2) is 5.90. The fourth-order valence-electron chi connectivity index (χ4n) is 1.63. The molecule has 1 aromatic rings. The van der Waals surface area contributed by atoms with Gasteiger partial charge in [-0.3, -0.25) is 0 Å². The van der Waals surface area contributed by atoms with Crippen LogP contribution in [-0.4, -0.2) is 47.0 Å². The van der Waals surface area contributed by atoms with E-state index in [0.29, 0.717) is 12.1 Å². The summed E-state index contributed by atoms with van der Waals surface area (Å²) in [5.41, 5.74) is 0.726. The predicted molar refractivity (Wildman–Crippen MR) is 74.3 cm³/mol. The lowest BCUT2D eigenvalue weighted by Crippen LogP contribution is -2.32. The van der Waals surface area contributed by atoms with Crippen LogP contribution < -0.4 is 0 Å². The number of esters is 1. The van der Waals surface area contributed by atoms with Gasteiger partial charge >= 0.3 is 5.97 Å². The molecule has 0 amide bonds. The quantitative estimate of drug-likeness (QED) is 0.749. The van der Waals surface area contributed by atoms with Gasteiger partial charge in [0.25, 0.3) is 0 Å². The van der Waals surface area contributed by atoms with E-state index in [4.69, 9.17) is 0 Å². The van der Waals surface area contributed by atoms with Crippen molar-refractivity contribution in [3.05, 3.63) is 11.4 Å². The van der Waals surface area contributed by atoms with Crippen LogP contribution >= 0.6 is 0 Å². The van der Waals surface area contributed by atoms with Crippen LogP contribution in [0.3, 0.4) is 0 Å². The minimum absolute atomic E-state index is 0.0481. The van der Waals surface area contributed by atoms with Gasteiger partial charge in [-0.05, 0) is 27.2 Å². The van der Waals surface area contributed by atoms with Crippen molar-refractivity contribution in [1.82, 2.24) is 15.0 Å². The van der Waals surface area contributed by atoms with Crippen molar-refractivity contribution in [1.29, 1.82) is 0 Å². The monoisotopic (exact) mass is 303 g/mol. The van der Waals surface area contributed by atoms with Gasteiger partial charge in [0, 0.05) is 0 Å². The molecule has 1 aromatic heterocycles. The molecule has 0 saturated heterocycles. The minimum atomic E-state index is -3.24. The Morgan fingerprint density at radius 1 is 1.35 bits per heavy atom. The maximum Gasteiger partial charge on any atom is 0.360 e. The standard InChI is InChI=1S/C12H21N3O4S/c1-6-9-10(11(16)19-5)13-14-15(9)7-8-20(17,18)12(2,3)4/h6-8H2,1-5H3. The second-order valence-electron chi connectivity index (χ2n) is 5.38. The van der Waals surface area contributed by atoms with Crippen LogP contribution in [0.5, 0.6) is 0 Å². The molecule has 0 aliphatic carbocycles. The highest BCUT2D eigenvalue weighted by Crippen LogP contribution is 2.17. The Hall–Kier alpha value is -1.44. The number of nitrogens with zero attached hydrogens (tertiary/aromatic N) is 3. The second-order valence-corrected chi connectivity index (χ2v) is 8.25. The van der Waals surface area contributed by atoms with E-state index in [1.807, 2.05) is 6.92 Å². The van der Waals surface area contributed by atoms with E-state index < -0.39 is 20.6 Å². The molecule has 8 heteroatoms. The van der Waals surface area contributed by atoms with Crippen LogP contribution in [0.15, 0.2) is 0 Å². The number of methoxy groups -OCH3 is 1. The Bertz CT molecular complexity index is 584. The number of hydrogen-bond acceptors (Lipinski definition) is 6. The van der Waals surface area contributed by atoms with Crippen LogP contribution in [0.2, 0.25) is 0 Å². The summed E-state index contributed by atoms with van der Waals surface area (Å²) in [5, 5.41) is 7.61. The van der Waals surface area contributed by atoms with Gasteiger partial charge in [-0.15, -0.1) is 5.10 Å². The number of aromatic nitrogens is 3. The molecule has 0 fully saturated rings. The number of sulfone groups is 1. The lowest BCUT2D eigenvalue weighted by molar-refractivity contribution is 0.0592. The van der Waals surface area contributed by atoms with Gasteiger partial charge in [0.1, 0.15) is 0 Å². The number of aryl methyl sites for hydroxylation is 1. The Labute approximate surface area is 119 Å². The maximum absolute atomic E-state index is 12.1. The normalized spacial score (nSPS) is 12.4.